The van der Waals surface area contributed by atoms with Crippen molar-refractivity contribution >= 4 is 23.2 Å². The van der Waals surface area contributed by atoms with E-state index in [9.17, 15) is 4.79 Å². The second-order valence-corrected chi connectivity index (χ2v) is 3.29. The number of halogens is 1. The summed E-state index contributed by atoms with van der Waals surface area (Å²) < 4.78 is 4.45. The maximum atomic E-state index is 11.1. The number of hydrogen-bond acceptors (Lipinski definition) is 2. The van der Waals surface area contributed by atoms with Crippen LogP contribution in [-0.2, 0) is 9.53 Å². The van der Waals surface area contributed by atoms with Gasteiger partial charge in [0, 0.05) is 10.7 Å². The highest BCUT2D eigenvalue weighted by Gasteiger charge is 2.03. The number of carbonyl (C=O) groups is 1. The number of ether oxygens (including phenoxy) is 1. The molecule has 3 nitrogen and oxygen atoms in total. The van der Waals surface area contributed by atoms with Crippen LogP contribution in [0, 0.1) is 14.0 Å². The van der Waals surface area contributed by atoms with Gasteiger partial charge in [0.2, 0.25) is 5.91 Å². The first-order valence-corrected chi connectivity index (χ1v) is 4.44. The zero-order valence-electron chi connectivity index (χ0n) is 7.84. The molecule has 75 valence electrons. The van der Waals surface area contributed by atoms with Crippen LogP contribution in [0.15, 0.2) is 18.2 Å². The fourth-order valence-electron chi connectivity index (χ4n) is 1.05. The molecule has 1 aromatic rings. The number of rotatable bonds is 3. The Morgan fingerprint density at radius 2 is 2.36 bits per heavy atom. The molecule has 1 N–H and O–H groups in total. The monoisotopic (exact) mass is 212 g/mol. The Labute approximate surface area is 88.0 Å². The van der Waals surface area contributed by atoms with Crippen LogP contribution >= 0.6 is 11.6 Å². The van der Waals surface area contributed by atoms with Gasteiger partial charge in [0.1, 0.15) is 6.61 Å². The molecule has 0 bridgehead atoms. The minimum absolute atomic E-state index is 0.0535. The first-order chi connectivity index (χ1) is 6.63. The summed E-state index contributed by atoms with van der Waals surface area (Å²) in [5, 5.41) is 3.32. The van der Waals surface area contributed by atoms with E-state index in [4.69, 9.17) is 11.6 Å². The van der Waals surface area contributed by atoms with Crippen molar-refractivity contribution in [1.29, 1.82) is 0 Å². The first kappa shape index (κ1) is 11.0. The van der Waals surface area contributed by atoms with Gasteiger partial charge in [-0.05, 0) is 30.7 Å². The molecule has 1 aromatic carbocycles. The zero-order chi connectivity index (χ0) is 10.6. The van der Waals surface area contributed by atoms with Crippen molar-refractivity contribution < 1.29 is 9.53 Å². The predicted octanol–water partition coefficient (Wildman–Crippen LogP) is 2.40. The van der Waals surface area contributed by atoms with Crippen molar-refractivity contribution in [2.24, 2.45) is 0 Å². The number of anilines is 1. The summed E-state index contributed by atoms with van der Waals surface area (Å²) >= 11 is 5.77. The van der Waals surface area contributed by atoms with E-state index in [-0.39, 0.29) is 12.5 Å². The van der Waals surface area contributed by atoms with E-state index >= 15 is 0 Å². The van der Waals surface area contributed by atoms with Crippen LogP contribution in [0.1, 0.15) is 5.56 Å². The van der Waals surface area contributed by atoms with E-state index in [1.54, 1.807) is 18.2 Å². The highest BCUT2D eigenvalue weighted by Crippen LogP contribution is 2.19. The summed E-state index contributed by atoms with van der Waals surface area (Å²) in [5.74, 6) is -0.231. The van der Waals surface area contributed by atoms with Gasteiger partial charge >= 0.3 is 0 Å². The molecule has 14 heavy (non-hydrogen) atoms. The van der Waals surface area contributed by atoms with Crippen molar-refractivity contribution in [2.75, 3.05) is 11.9 Å². The first-order valence-electron chi connectivity index (χ1n) is 4.06. The fraction of sp³-hybridized carbons (Fsp3) is 0.200. The van der Waals surface area contributed by atoms with E-state index in [1.807, 2.05) is 6.92 Å². The molecule has 0 saturated carbocycles. The molecule has 0 unspecified atom stereocenters. The third-order valence-electron chi connectivity index (χ3n) is 1.70. The van der Waals surface area contributed by atoms with Crippen LogP contribution in [0.4, 0.5) is 5.69 Å². The number of benzene rings is 1. The lowest BCUT2D eigenvalue weighted by Crippen LogP contribution is -2.17. The molecule has 0 spiro atoms. The molecule has 0 aliphatic carbocycles. The molecule has 1 amide bonds. The Balaban J connectivity index is 2.72. The quantitative estimate of drug-likeness (QED) is 0.836. The van der Waals surface area contributed by atoms with Gasteiger partial charge in [-0.3, -0.25) is 4.79 Å². The topological polar surface area (TPSA) is 38.3 Å². The van der Waals surface area contributed by atoms with E-state index < -0.39 is 0 Å². The van der Waals surface area contributed by atoms with Gasteiger partial charge in [-0.25, -0.2) is 0 Å². The van der Waals surface area contributed by atoms with Crippen molar-refractivity contribution in [1.82, 2.24) is 0 Å². The van der Waals surface area contributed by atoms with Crippen LogP contribution < -0.4 is 5.32 Å². The van der Waals surface area contributed by atoms with Gasteiger partial charge in [0.15, 0.2) is 0 Å². The molecule has 0 aromatic heterocycles. The summed E-state index contributed by atoms with van der Waals surface area (Å²) in [5.41, 5.74) is 1.64. The summed E-state index contributed by atoms with van der Waals surface area (Å²) in [7, 11) is 3.12. The average Bonchev–Trinajstić information content (AvgIpc) is 2.10. The van der Waals surface area contributed by atoms with Crippen LogP contribution in [0.5, 0.6) is 0 Å². The van der Waals surface area contributed by atoms with Crippen LogP contribution in [0.25, 0.3) is 0 Å². The number of hydrogen-bond donors (Lipinski definition) is 1. The normalized spacial score (nSPS) is 9.93. The SMILES string of the molecule is [CH2]OCC(=O)Nc1ccc(Cl)cc1C. The van der Waals surface area contributed by atoms with Gasteiger partial charge in [-0.1, -0.05) is 11.6 Å². The molecule has 0 saturated heterocycles. The van der Waals surface area contributed by atoms with Crippen LogP contribution in [-0.4, -0.2) is 12.5 Å². The fourth-order valence-corrected chi connectivity index (χ4v) is 1.27. The highest BCUT2D eigenvalue weighted by atomic mass is 35.5. The second kappa shape index (κ2) is 4.98. The lowest BCUT2D eigenvalue weighted by molar-refractivity contribution is -0.119. The van der Waals surface area contributed by atoms with E-state index in [1.165, 1.54) is 0 Å². The van der Waals surface area contributed by atoms with Crippen molar-refractivity contribution in [2.45, 2.75) is 6.92 Å². The molecule has 4 heteroatoms. The minimum Gasteiger partial charge on any atom is -0.369 e. The molecular weight excluding hydrogens is 202 g/mol. The lowest BCUT2D eigenvalue weighted by atomic mass is 10.2. The van der Waals surface area contributed by atoms with Crippen LogP contribution in [0.2, 0.25) is 5.02 Å². The number of aryl methyl sites for hydroxylation is 1. The number of amides is 1. The molecule has 0 heterocycles. The third kappa shape index (κ3) is 3.01. The molecule has 0 aliphatic heterocycles. The second-order valence-electron chi connectivity index (χ2n) is 2.86. The summed E-state index contributed by atoms with van der Waals surface area (Å²) in [6, 6.07) is 5.25. The van der Waals surface area contributed by atoms with Gasteiger partial charge in [-0.15, -0.1) is 0 Å². The molecule has 0 fully saturated rings. The molecule has 0 atom stereocenters. The highest BCUT2D eigenvalue weighted by molar-refractivity contribution is 6.30. The van der Waals surface area contributed by atoms with Gasteiger partial charge in [0.05, 0.1) is 7.11 Å². The minimum atomic E-state index is -0.231. The van der Waals surface area contributed by atoms with Crippen molar-refractivity contribution in [3.63, 3.8) is 0 Å². The van der Waals surface area contributed by atoms with Gasteiger partial charge in [-0.2, -0.15) is 0 Å². The van der Waals surface area contributed by atoms with Crippen molar-refractivity contribution in [3.8, 4) is 0 Å². The number of carbonyl (C=O) groups excluding carboxylic acids is 1. The largest absolute Gasteiger partial charge is 0.369 e. The van der Waals surface area contributed by atoms with Gasteiger partial charge < -0.3 is 10.1 Å². The summed E-state index contributed by atoms with van der Waals surface area (Å²) in [4.78, 5) is 11.1. The average molecular weight is 213 g/mol. The zero-order valence-corrected chi connectivity index (χ0v) is 8.60. The maximum absolute atomic E-state index is 11.1. The Bertz CT molecular complexity index is 339. The molecule has 1 rings (SSSR count). The summed E-state index contributed by atoms with van der Waals surface area (Å²) in [6.45, 7) is 1.81. The molecule has 1 radical (unpaired) electrons. The predicted molar refractivity (Wildman–Crippen MR) is 56.1 cm³/mol. The number of nitrogens with one attached hydrogen (secondary N) is 1. The smallest absolute Gasteiger partial charge is 0.250 e. The Morgan fingerprint density at radius 1 is 1.64 bits per heavy atom. The maximum Gasteiger partial charge on any atom is 0.250 e. The molecular formula is C10H11ClNO2. The van der Waals surface area contributed by atoms with Crippen LogP contribution in [0.3, 0.4) is 0 Å². The standard InChI is InChI=1S/C10H11ClNO2/c1-7-5-8(11)3-4-9(7)12-10(13)6-14-2/h3-5H,2,6H2,1H3,(H,12,13). The van der Waals surface area contributed by atoms with E-state index in [0.29, 0.717) is 5.02 Å². The Hall–Kier alpha value is -1.06. The van der Waals surface area contributed by atoms with Gasteiger partial charge in [0.25, 0.3) is 0 Å². The third-order valence-corrected chi connectivity index (χ3v) is 1.93. The van der Waals surface area contributed by atoms with E-state index in [2.05, 4.69) is 17.2 Å². The van der Waals surface area contributed by atoms with E-state index in [0.717, 1.165) is 11.3 Å². The Morgan fingerprint density at radius 3 is 2.93 bits per heavy atom. The summed E-state index contributed by atoms with van der Waals surface area (Å²) in [6.07, 6.45) is 0. The van der Waals surface area contributed by atoms with Crippen molar-refractivity contribution in [3.05, 3.63) is 35.9 Å². The Kier molecular flexibility index (Phi) is 3.92. The lowest BCUT2D eigenvalue weighted by Gasteiger charge is -2.07. The molecule has 0 aliphatic rings.